The van der Waals surface area contributed by atoms with Crippen LogP contribution in [-0.2, 0) is 6.42 Å². The highest BCUT2D eigenvalue weighted by Gasteiger charge is 2.23. The van der Waals surface area contributed by atoms with Crippen molar-refractivity contribution in [2.45, 2.75) is 26.3 Å². The number of hydrogen-bond donors (Lipinski definition) is 2. The number of hydrogen-bond acceptors (Lipinski definition) is 6. The average Bonchev–Trinajstić information content (AvgIpc) is 2.85. The molecule has 1 amide bonds. The van der Waals surface area contributed by atoms with Crippen molar-refractivity contribution in [3.8, 4) is 22.5 Å². The number of carbonyl (C=O) groups excluding carboxylic acids is 1. The summed E-state index contributed by atoms with van der Waals surface area (Å²) in [6, 6.07) is 11.4. The number of nitrogen functional groups attached to an aromatic ring is 1. The summed E-state index contributed by atoms with van der Waals surface area (Å²) < 4.78 is 15.0. The van der Waals surface area contributed by atoms with Gasteiger partial charge in [0.15, 0.2) is 11.0 Å². The lowest BCUT2D eigenvalue weighted by Crippen LogP contribution is -2.48. The number of nitrogens with one attached hydrogen (secondary N) is 1. The predicted molar refractivity (Wildman–Crippen MR) is 137 cm³/mol. The van der Waals surface area contributed by atoms with Gasteiger partial charge in [-0.1, -0.05) is 23.7 Å². The Kier molecular flexibility index (Phi) is 6.34. The third kappa shape index (κ3) is 4.56. The third-order valence-corrected chi connectivity index (χ3v) is 7.07. The van der Waals surface area contributed by atoms with E-state index in [9.17, 15) is 4.79 Å². The first-order valence-electron chi connectivity index (χ1n) is 11.8. The van der Waals surface area contributed by atoms with Gasteiger partial charge in [0.25, 0.3) is 5.91 Å². The normalized spacial score (nSPS) is 16.4. The highest BCUT2D eigenvalue weighted by atomic mass is 35.5. The van der Waals surface area contributed by atoms with Crippen LogP contribution in [0.25, 0.3) is 22.5 Å². The Morgan fingerprint density at radius 2 is 1.74 bits per heavy atom. The molecule has 0 unspecified atom stereocenters. The minimum atomic E-state index is -0.578. The average molecular weight is 495 g/mol. The van der Waals surface area contributed by atoms with Gasteiger partial charge >= 0.3 is 0 Å². The maximum Gasteiger partial charge on any atom is 0.251 e. The predicted octanol–water partition coefficient (Wildman–Crippen LogP) is 4.00. The minimum absolute atomic E-state index is 0.0394. The lowest BCUT2D eigenvalue weighted by Gasteiger charge is -2.38. The molecule has 2 aliphatic rings. The van der Waals surface area contributed by atoms with Crippen molar-refractivity contribution in [3.63, 3.8) is 0 Å². The third-order valence-electron chi connectivity index (χ3n) is 6.80. The van der Waals surface area contributed by atoms with Crippen molar-refractivity contribution in [2.75, 3.05) is 43.4 Å². The Hall–Kier alpha value is -3.23. The SMILES string of the molecule is CC(C)N1CCN(c2ccc(-c3nc(-c4cc5c(cc4F)C(=O)NCC5)c(N)nc3Cl)cc2)CC1. The summed E-state index contributed by atoms with van der Waals surface area (Å²) in [5, 5.41) is 2.88. The van der Waals surface area contributed by atoms with Crippen LogP contribution < -0.4 is 16.0 Å². The number of benzene rings is 2. The fourth-order valence-corrected chi connectivity index (χ4v) is 5.00. The number of nitrogens with zero attached hydrogens (tertiary/aromatic N) is 4. The summed E-state index contributed by atoms with van der Waals surface area (Å²) in [6.07, 6.45) is 0.606. The van der Waals surface area contributed by atoms with E-state index >= 15 is 4.39 Å². The van der Waals surface area contributed by atoms with Crippen LogP contribution in [0.2, 0.25) is 5.15 Å². The molecule has 0 bridgehead atoms. The monoisotopic (exact) mass is 494 g/mol. The van der Waals surface area contributed by atoms with E-state index in [1.54, 1.807) is 6.07 Å². The quantitative estimate of drug-likeness (QED) is 0.570. The van der Waals surface area contributed by atoms with E-state index in [4.69, 9.17) is 17.3 Å². The fourth-order valence-electron chi connectivity index (χ4n) is 4.76. The van der Waals surface area contributed by atoms with Crippen LogP contribution in [-0.4, -0.2) is 59.5 Å². The van der Waals surface area contributed by atoms with Gasteiger partial charge in [-0.25, -0.2) is 14.4 Å². The second-order valence-electron chi connectivity index (χ2n) is 9.26. The Labute approximate surface area is 209 Å². The summed E-state index contributed by atoms with van der Waals surface area (Å²) in [5.74, 6) is -0.818. The van der Waals surface area contributed by atoms with Crippen LogP contribution in [0.15, 0.2) is 36.4 Å². The van der Waals surface area contributed by atoms with Crippen LogP contribution in [0.3, 0.4) is 0 Å². The second kappa shape index (κ2) is 9.43. The number of carbonyl (C=O) groups is 1. The zero-order valence-electron chi connectivity index (χ0n) is 19.8. The van der Waals surface area contributed by atoms with E-state index < -0.39 is 5.82 Å². The summed E-state index contributed by atoms with van der Waals surface area (Å²) in [5.41, 5.74) is 9.96. The standard InChI is InChI=1S/C26H28ClFN6O/c1-15(2)33-9-11-34(12-10-33)18-5-3-16(4-6-18)22-24(27)32-25(29)23(31-22)20-13-17-7-8-30-26(35)19(17)14-21(20)28/h3-6,13-15H,7-12H2,1-2H3,(H2,29,32)(H,30,35). The lowest BCUT2D eigenvalue weighted by atomic mass is 9.96. The molecule has 35 heavy (non-hydrogen) atoms. The van der Waals surface area contributed by atoms with Gasteiger partial charge in [-0.2, -0.15) is 0 Å². The van der Waals surface area contributed by atoms with E-state index in [1.807, 2.05) is 24.3 Å². The first-order chi connectivity index (χ1) is 16.8. The van der Waals surface area contributed by atoms with Gasteiger partial charge in [-0.3, -0.25) is 9.69 Å². The van der Waals surface area contributed by atoms with Gasteiger partial charge in [0.2, 0.25) is 0 Å². The van der Waals surface area contributed by atoms with Gasteiger partial charge in [0.05, 0.1) is 0 Å². The zero-order valence-corrected chi connectivity index (χ0v) is 20.6. The molecule has 0 radical (unpaired) electrons. The minimum Gasteiger partial charge on any atom is -0.382 e. The lowest BCUT2D eigenvalue weighted by molar-refractivity contribution is 0.0945. The molecule has 1 fully saturated rings. The molecule has 1 aromatic heterocycles. The van der Waals surface area contributed by atoms with E-state index in [0.29, 0.717) is 30.3 Å². The van der Waals surface area contributed by atoms with Crippen molar-refractivity contribution in [2.24, 2.45) is 0 Å². The number of anilines is 2. The van der Waals surface area contributed by atoms with Gasteiger partial charge < -0.3 is 16.0 Å². The van der Waals surface area contributed by atoms with Gasteiger partial charge in [-0.05, 0) is 50.1 Å². The van der Waals surface area contributed by atoms with E-state index in [1.165, 1.54) is 6.07 Å². The van der Waals surface area contributed by atoms with Crippen molar-refractivity contribution in [3.05, 3.63) is 58.5 Å². The van der Waals surface area contributed by atoms with E-state index in [-0.39, 0.29) is 28.1 Å². The summed E-state index contributed by atoms with van der Waals surface area (Å²) in [4.78, 5) is 25.8. The molecule has 2 aromatic carbocycles. The van der Waals surface area contributed by atoms with E-state index in [2.05, 4.69) is 38.9 Å². The van der Waals surface area contributed by atoms with Gasteiger partial charge in [0.1, 0.15) is 17.2 Å². The molecule has 7 nitrogen and oxygen atoms in total. The summed E-state index contributed by atoms with van der Waals surface area (Å²) in [6.45, 7) is 8.96. The molecule has 3 N–H and O–H groups in total. The highest BCUT2D eigenvalue weighted by Crippen LogP contribution is 2.34. The molecule has 1 saturated heterocycles. The molecule has 3 aromatic rings. The zero-order chi connectivity index (χ0) is 24.7. The Balaban J connectivity index is 1.45. The number of rotatable bonds is 4. The number of nitrogens with two attached hydrogens (primary N) is 1. The number of aromatic nitrogens is 2. The van der Waals surface area contributed by atoms with Crippen LogP contribution >= 0.6 is 11.6 Å². The topological polar surface area (TPSA) is 87.4 Å². The van der Waals surface area contributed by atoms with Crippen LogP contribution in [0.1, 0.15) is 29.8 Å². The molecule has 2 aliphatic heterocycles. The molecular formula is C26H28ClFN6O. The fraction of sp³-hybridized carbons (Fsp3) is 0.346. The number of piperazine rings is 1. The summed E-state index contributed by atoms with van der Waals surface area (Å²) in [7, 11) is 0. The van der Waals surface area contributed by atoms with Crippen molar-refractivity contribution >= 4 is 29.0 Å². The first-order valence-corrected chi connectivity index (χ1v) is 12.2. The molecule has 3 heterocycles. The largest absolute Gasteiger partial charge is 0.382 e. The molecule has 0 aliphatic carbocycles. The van der Waals surface area contributed by atoms with Gasteiger partial charge in [-0.15, -0.1) is 0 Å². The second-order valence-corrected chi connectivity index (χ2v) is 9.61. The Morgan fingerprint density at radius 1 is 1.03 bits per heavy atom. The van der Waals surface area contributed by atoms with E-state index in [0.717, 1.165) is 43.0 Å². The molecule has 182 valence electrons. The van der Waals surface area contributed by atoms with Crippen LogP contribution in [0.4, 0.5) is 15.9 Å². The Bertz CT molecular complexity index is 1270. The van der Waals surface area contributed by atoms with Crippen molar-refractivity contribution in [1.82, 2.24) is 20.2 Å². The summed E-state index contributed by atoms with van der Waals surface area (Å²) >= 11 is 6.42. The van der Waals surface area contributed by atoms with Crippen molar-refractivity contribution in [1.29, 1.82) is 0 Å². The number of amides is 1. The number of halogens is 2. The molecular weight excluding hydrogens is 467 g/mol. The molecule has 0 atom stereocenters. The highest BCUT2D eigenvalue weighted by molar-refractivity contribution is 6.32. The molecule has 9 heteroatoms. The Morgan fingerprint density at radius 3 is 2.43 bits per heavy atom. The molecule has 0 saturated carbocycles. The smallest absolute Gasteiger partial charge is 0.251 e. The first kappa shape index (κ1) is 23.5. The van der Waals surface area contributed by atoms with Crippen LogP contribution in [0.5, 0.6) is 0 Å². The maximum absolute atomic E-state index is 15.0. The maximum atomic E-state index is 15.0. The molecule has 0 spiro atoms. The van der Waals surface area contributed by atoms with Gasteiger partial charge in [0, 0.05) is 61.1 Å². The number of fused-ring (bicyclic) bond motifs is 1. The van der Waals surface area contributed by atoms with Crippen LogP contribution in [0, 0.1) is 5.82 Å². The van der Waals surface area contributed by atoms with Crippen molar-refractivity contribution < 1.29 is 9.18 Å². The molecule has 5 rings (SSSR count).